The molecule has 1 aromatic heterocycles. The molecule has 6 heteroatoms. The standard InChI is InChI=1S/C13H20N2O3S/c1-12(2)8-10(13(3,4)18-12)19(16,17)11-9(14)6-5-7-15-11/h5-7,10H,8,14H2,1-4H3. The predicted octanol–water partition coefficient (Wildman–Crippen LogP) is 1.78. The average Bonchev–Trinajstić information content (AvgIpc) is 2.47. The molecule has 0 saturated carbocycles. The molecule has 1 atom stereocenters. The molecule has 1 fully saturated rings. The SMILES string of the molecule is CC1(C)CC(S(=O)(=O)c2ncccc2N)C(C)(C)O1. The molecule has 1 aromatic rings. The molecular formula is C13H20N2O3S. The summed E-state index contributed by atoms with van der Waals surface area (Å²) in [6.07, 6.45) is 1.87. The molecule has 106 valence electrons. The molecule has 2 rings (SSSR count). The number of aromatic nitrogens is 1. The summed E-state index contributed by atoms with van der Waals surface area (Å²) < 4.78 is 31.3. The van der Waals surface area contributed by atoms with Crippen LogP contribution in [0.25, 0.3) is 0 Å². The molecule has 0 amide bonds. The van der Waals surface area contributed by atoms with Crippen molar-refractivity contribution >= 4 is 15.5 Å². The van der Waals surface area contributed by atoms with Gasteiger partial charge in [-0.25, -0.2) is 13.4 Å². The maximum Gasteiger partial charge on any atom is 0.203 e. The van der Waals surface area contributed by atoms with Crippen molar-refractivity contribution in [3.8, 4) is 0 Å². The van der Waals surface area contributed by atoms with Gasteiger partial charge in [-0.1, -0.05) is 0 Å². The van der Waals surface area contributed by atoms with Crippen LogP contribution in [0.4, 0.5) is 5.69 Å². The Morgan fingerprint density at radius 2 is 2.00 bits per heavy atom. The zero-order valence-corrected chi connectivity index (χ0v) is 12.5. The zero-order chi connectivity index (χ0) is 14.5. The number of nitrogens with two attached hydrogens (primary N) is 1. The summed E-state index contributed by atoms with van der Waals surface area (Å²) in [6.45, 7) is 7.38. The van der Waals surface area contributed by atoms with Crippen LogP contribution in [0.1, 0.15) is 34.1 Å². The van der Waals surface area contributed by atoms with E-state index in [1.807, 2.05) is 13.8 Å². The van der Waals surface area contributed by atoms with Crippen LogP contribution in [0.15, 0.2) is 23.4 Å². The average molecular weight is 284 g/mol. The van der Waals surface area contributed by atoms with E-state index in [0.717, 1.165) is 0 Å². The lowest BCUT2D eigenvalue weighted by Gasteiger charge is -2.27. The maximum atomic E-state index is 12.7. The molecule has 1 aliphatic rings. The van der Waals surface area contributed by atoms with E-state index < -0.39 is 26.3 Å². The Kier molecular flexibility index (Phi) is 3.14. The van der Waals surface area contributed by atoms with Crippen LogP contribution in [0.2, 0.25) is 0 Å². The largest absolute Gasteiger partial charge is 0.396 e. The van der Waals surface area contributed by atoms with Gasteiger partial charge in [0.15, 0.2) is 5.03 Å². The Bertz CT molecular complexity index is 594. The van der Waals surface area contributed by atoms with E-state index in [0.29, 0.717) is 6.42 Å². The van der Waals surface area contributed by atoms with Gasteiger partial charge in [-0.2, -0.15) is 0 Å². The number of ether oxygens (including phenoxy) is 1. The molecule has 2 N–H and O–H groups in total. The van der Waals surface area contributed by atoms with Crippen molar-refractivity contribution in [2.24, 2.45) is 0 Å². The van der Waals surface area contributed by atoms with E-state index in [4.69, 9.17) is 10.5 Å². The van der Waals surface area contributed by atoms with Crippen LogP contribution >= 0.6 is 0 Å². The second-order valence-corrected chi connectivity index (χ2v) is 8.15. The number of hydrogen-bond acceptors (Lipinski definition) is 5. The van der Waals surface area contributed by atoms with E-state index in [-0.39, 0.29) is 10.7 Å². The molecule has 0 radical (unpaired) electrons. The fraction of sp³-hybridized carbons (Fsp3) is 0.615. The van der Waals surface area contributed by atoms with E-state index in [2.05, 4.69) is 4.98 Å². The van der Waals surface area contributed by atoms with Crippen LogP contribution in [-0.2, 0) is 14.6 Å². The van der Waals surface area contributed by atoms with Crippen molar-refractivity contribution in [1.29, 1.82) is 0 Å². The molecule has 0 spiro atoms. The summed E-state index contributed by atoms with van der Waals surface area (Å²) in [7, 11) is -3.61. The highest BCUT2D eigenvalue weighted by atomic mass is 32.2. The number of hydrogen-bond donors (Lipinski definition) is 1. The summed E-state index contributed by atoms with van der Waals surface area (Å²) in [6, 6.07) is 3.17. The number of nitrogen functional groups attached to an aromatic ring is 1. The molecule has 1 aliphatic heterocycles. The third kappa shape index (κ3) is 2.47. The van der Waals surface area contributed by atoms with Gasteiger partial charge in [0.2, 0.25) is 9.84 Å². The minimum atomic E-state index is -3.61. The molecular weight excluding hydrogens is 264 g/mol. The second-order valence-electron chi connectivity index (χ2n) is 6.10. The van der Waals surface area contributed by atoms with Gasteiger partial charge in [0.05, 0.1) is 22.1 Å². The van der Waals surface area contributed by atoms with E-state index in [1.54, 1.807) is 26.0 Å². The number of rotatable bonds is 2. The van der Waals surface area contributed by atoms with E-state index >= 15 is 0 Å². The summed E-state index contributed by atoms with van der Waals surface area (Å²) in [4.78, 5) is 3.94. The van der Waals surface area contributed by atoms with Crippen LogP contribution in [0.3, 0.4) is 0 Å². The smallest absolute Gasteiger partial charge is 0.203 e. The Morgan fingerprint density at radius 3 is 2.47 bits per heavy atom. The lowest BCUT2D eigenvalue weighted by molar-refractivity contribution is -0.0635. The van der Waals surface area contributed by atoms with Crippen molar-refractivity contribution in [2.75, 3.05) is 5.73 Å². The van der Waals surface area contributed by atoms with Crippen LogP contribution in [-0.4, -0.2) is 29.9 Å². The highest BCUT2D eigenvalue weighted by molar-refractivity contribution is 7.92. The van der Waals surface area contributed by atoms with Gasteiger partial charge in [0, 0.05) is 6.20 Å². The van der Waals surface area contributed by atoms with Crippen molar-refractivity contribution in [3.63, 3.8) is 0 Å². The van der Waals surface area contributed by atoms with Crippen molar-refractivity contribution in [1.82, 2.24) is 4.98 Å². The second kappa shape index (κ2) is 4.18. The lowest BCUT2D eigenvalue weighted by Crippen LogP contribution is -2.39. The topological polar surface area (TPSA) is 82.3 Å². The Labute approximate surface area is 114 Å². The number of anilines is 1. The molecule has 1 unspecified atom stereocenters. The molecule has 19 heavy (non-hydrogen) atoms. The number of nitrogens with zero attached hydrogens (tertiary/aromatic N) is 1. The lowest BCUT2D eigenvalue weighted by atomic mass is 10.0. The summed E-state index contributed by atoms with van der Waals surface area (Å²) in [5, 5.41) is -0.693. The van der Waals surface area contributed by atoms with Crippen LogP contribution in [0, 0.1) is 0 Å². The highest BCUT2D eigenvalue weighted by Crippen LogP contribution is 2.43. The van der Waals surface area contributed by atoms with Crippen molar-refractivity contribution < 1.29 is 13.2 Å². The monoisotopic (exact) mass is 284 g/mol. The number of pyridine rings is 1. The quantitative estimate of drug-likeness (QED) is 0.895. The minimum Gasteiger partial charge on any atom is -0.396 e. The van der Waals surface area contributed by atoms with Gasteiger partial charge < -0.3 is 10.5 Å². The van der Waals surface area contributed by atoms with E-state index in [1.165, 1.54) is 6.20 Å². The maximum absolute atomic E-state index is 12.7. The van der Waals surface area contributed by atoms with Gasteiger partial charge in [0.1, 0.15) is 0 Å². The highest BCUT2D eigenvalue weighted by Gasteiger charge is 2.53. The van der Waals surface area contributed by atoms with Gasteiger partial charge in [-0.05, 0) is 46.2 Å². The van der Waals surface area contributed by atoms with Crippen LogP contribution in [0.5, 0.6) is 0 Å². The summed E-state index contributed by atoms with van der Waals surface area (Å²) in [5.74, 6) is 0. The van der Waals surface area contributed by atoms with Crippen LogP contribution < -0.4 is 5.73 Å². The first-order chi connectivity index (χ1) is 8.56. The fourth-order valence-electron chi connectivity index (χ4n) is 2.77. The van der Waals surface area contributed by atoms with Crippen molar-refractivity contribution in [3.05, 3.63) is 18.3 Å². The summed E-state index contributed by atoms with van der Waals surface area (Å²) >= 11 is 0. The zero-order valence-electron chi connectivity index (χ0n) is 11.7. The normalized spacial score (nSPS) is 25.4. The third-order valence-corrected chi connectivity index (χ3v) is 5.80. The molecule has 2 heterocycles. The minimum absolute atomic E-state index is 0.0469. The van der Waals surface area contributed by atoms with Crippen molar-refractivity contribution in [2.45, 2.75) is 55.6 Å². The van der Waals surface area contributed by atoms with Gasteiger partial charge in [-0.3, -0.25) is 0 Å². The third-order valence-electron chi connectivity index (χ3n) is 3.44. The van der Waals surface area contributed by atoms with E-state index in [9.17, 15) is 8.42 Å². The predicted molar refractivity (Wildman–Crippen MR) is 73.5 cm³/mol. The fourth-order valence-corrected chi connectivity index (χ4v) is 5.06. The van der Waals surface area contributed by atoms with Gasteiger partial charge >= 0.3 is 0 Å². The first-order valence-electron chi connectivity index (χ1n) is 6.21. The first-order valence-corrected chi connectivity index (χ1v) is 7.75. The first kappa shape index (κ1) is 14.3. The molecule has 0 bridgehead atoms. The number of sulfone groups is 1. The summed E-state index contributed by atoms with van der Waals surface area (Å²) in [5.41, 5.74) is 4.71. The van der Waals surface area contributed by atoms with Gasteiger partial charge in [0.25, 0.3) is 0 Å². The molecule has 0 aromatic carbocycles. The Hall–Kier alpha value is -1.14. The molecule has 0 aliphatic carbocycles. The van der Waals surface area contributed by atoms with Gasteiger partial charge in [-0.15, -0.1) is 0 Å². The Morgan fingerprint density at radius 1 is 1.37 bits per heavy atom. The molecule has 5 nitrogen and oxygen atoms in total. The Balaban J connectivity index is 2.50. The molecule has 1 saturated heterocycles.